The molecule has 0 bridgehead atoms. The molecule has 0 aliphatic carbocycles. The second-order valence-corrected chi connectivity index (χ2v) is 3.58. The predicted octanol–water partition coefficient (Wildman–Crippen LogP) is 3.10. The van der Waals surface area contributed by atoms with Crippen LogP contribution in [0.25, 0.3) is 0 Å². The average Bonchev–Trinajstić information content (AvgIpc) is 2.21. The Morgan fingerprint density at radius 1 is 1.27 bits per heavy atom. The van der Waals surface area contributed by atoms with Gasteiger partial charge in [0, 0.05) is 7.11 Å². The number of methoxy groups -OCH3 is 1. The van der Waals surface area contributed by atoms with Crippen molar-refractivity contribution in [2.45, 2.75) is 52.1 Å². The minimum Gasteiger partial charge on any atom is -0.431 e. The van der Waals surface area contributed by atoms with Gasteiger partial charge in [-0.2, -0.15) is 0 Å². The van der Waals surface area contributed by atoms with E-state index in [0.717, 1.165) is 12.8 Å². The van der Waals surface area contributed by atoms with Crippen LogP contribution in [0.3, 0.4) is 0 Å². The van der Waals surface area contributed by atoms with Gasteiger partial charge in [-0.05, 0) is 19.8 Å². The highest BCUT2D eigenvalue weighted by atomic mass is 16.8. The summed E-state index contributed by atoms with van der Waals surface area (Å²) in [5.74, 6) is 0. The average molecular weight is 218 g/mol. The van der Waals surface area contributed by atoms with Crippen molar-refractivity contribution in [3.05, 3.63) is 0 Å². The molecule has 0 radical (unpaired) electrons. The topological polar surface area (TPSA) is 44.8 Å². The van der Waals surface area contributed by atoms with Gasteiger partial charge in [-0.3, -0.25) is 0 Å². The van der Waals surface area contributed by atoms with Crippen molar-refractivity contribution in [2.75, 3.05) is 13.9 Å². The first-order valence-corrected chi connectivity index (χ1v) is 5.53. The maximum atomic E-state index is 11.0. The SMILES string of the molecule is CCCCCCC(C)OC(=O)OCOC. The lowest BCUT2D eigenvalue weighted by atomic mass is 10.1. The molecule has 0 N–H and O–H groups in total. The quantitative estimate of drug-likeness (QED) is 0.357. The molecule has 0 saturated carbocycles. The molecular formula is C11H22O4. The Hall–Kier alpha value is -0.770. The zero-order valence-electron chi connectivity index (χ0n) is 9.95. The molecule has 15 heavy (non-hydrogen) atoms. The highest BCUT2D eigenvalue weighted by Crippen LogP contribution is 2.08. The third kappa shape index (κ3) is 9.53. The van der Waals surface area contributed by atoms with Crippen LogP contribution in [0.5, 0.6) is 0 Å². The summed E-state index contributed by atoms with van der Waals surface area (Å²) in [6.45, 7) is 3.99. The van der Waals surface area contributed by atoms with Crippen molar-refractivity contribution >= 4 is 6.16 Å². The van der Waals surface area contributed by atoms with Crippen LogP contribution < -0.4 is 0 Å². The number of hydrogen-bond donors (Lipinski definition) is 0. The van der Waals surface area contributed by atoms with Gasteiger partial charge in [0.2, 0.25) is 0 Å². The van der Waals surface area contributed by atoms with Gasteiger partial charge in [0.1, 0.15) is 6.10 Å². The Morgan fingerprint density at radius 2 is 2.00 bits per heavy atom. The predicted molar refractivity (Wildman–Crippen MR) is 57.7 cm³/mol. The Kier molecular flexibility index (Phi) is 9.27. The molecular weight excluding hydrogens is 196 g/mol. The summed E-state index contributed by atoms with van der Waals surface area (Å²) in [5, 5.41) is 0. The minimum atomic E-state index is -0.653. The lowest BCUT2D eigenvalue weighted by molar-refractivity contribution is -0.0386. The fourth-order valence-electron chi connectivity index (χ4n) is 1.22. The maximum Gasteiger partial charge on any atom is 0.510 e. The Bertz CT molecular complexity index is 159. The standard InChI is InChI=1S/C11H22O4/c1-4-5-6-7-8-10(2)15-11(12)14-9-13-3/h10H,4-9H2,1-3H3. The van der Waals surface area contributed by atoms with Crippen LogP contribution in [0.15, 0.2) is 0 Å². The molecule has 4 heteroatoms. The number of hydrogen-bond acceptors (Lipinski definition) is 4. The van der Waals surface area contributed by atoms with E-state index in [1.807, 2.05) is 6.92 Å². The van der Waals surface area contributed by atoms with Crippen LogP contribution in [0.4, 0.5) is 4.79 Å². The number of carbonyl (C=O) groups excluding carboxylic acids is 1. The number of unbranched alkanes of at least 4 members (excludes halogenated alkanes) is 3. The van der Waals surface area contributed by atoms with Gasteiger partial charge < -0.3 is 14.2 Å². The highest BCUT2D eigenvalue weighted by Gasteiger charge is 2.09. The first kappa shape index (κ1) is 14.2. The summed E-state index contributed by atoms with van der Waals surface area (Å²) < 4.78 is 14.2. The molecule has 0 fully saturated rings. The molecule has 1 atom stereocenters. The van der Waals surface area contributed by atoms with Gasteiger partial charge in [-0.1, -0.05) is 26.2 Å². The van der Waals surface area contributed by atoms with Crippen molar-refractivity contribution in [1.29, 1.82) is 0 Å². The Balaban J connectivity index is 3.38. The molecule has 4 nitrogen and oxygen atoms in total. The van der Waals surface area contributed by atoms with E-state index in [4.69, 9.17) is 4.74 Å². The van der Waals surface area contributed by atoms with Crippen LogP contribution >= 0.6 is 0 Å². The van der Waals surface area contributed by atoms with Crippen LogP contribution in [0.2, 0.25) is 0 Å². The summed E-state index contributed by atoms with van der Waals surface area (Å²) in [6, 6.07) is 0. The van der Waals surface area contributed by atoms with Crippen molar-refractivity contribution in [1.82, 2.24) is 0 Å². The molecule has 0 aromatic heterocycles. The van der Waals surface area contributed by atoms with Crippen molar-refractivity contribution in [3.63, 3.8) is 0 Å². The van der Waals surface area contributed by atoms with Gasteiger partial charge in [0.25, 0.3) is 0 Å². The number of rotatable bonds is 8. The third-order valence-corrected chi connectivity index (χ3v) is 2.06. The second-order valence-electron chi connectivity index (χ2n) is 3.58. The van der Waals surface area contributed by atoms with E-state index in [2.05, 4.69) is 16.4 Å². The third-order valence-electron chi connectivity index (χ3n) is 2.06. The van der Waals surface area contributed by atoms with Crippen LogP contribution in [-0.2, 0) is 14.2 Å². The summed E-state index contributed by atoms with van der Waals surface area (Å²) in [4.78, 5) is 11.0. The lowest BCUT2D eigenvalue weighted by Gasteiger charge is -2.12. The van der Waals surface area contributed by atoms with Crippen LogP contribution in [0.1, 0.15) is 46.0 Å². The summed E-state index contributed by atoms with van der Waals surface area (Å²) in [7, 11) is 1.46. The van der Waals surface area contributed by atoms with E-state index in [0.29, 0.717) is 0 Å². The fraction of sp³-hybridized carbons (Fsp3) is 0.909. The first-order chi connectivity index (χ1) is 7.20. The van der Waals surface area contributed by atoms with Crippen LogP contribution in [0, 0.1) is 0 Å². The van der Waals surface area contributed by atoms with Crippen molar-refractivity contribution < 1.29 is 19.0 Å². The molecule has 0 amide bonds. The zero-order chi connectivity index (χ0) is 11.5. The molecule has 0 rings (SSSR count). The van der Waals surface area contributed by atoms with Crippen LogP contribution in [-0.4, -0.2) is 26.2 Å². The van der Waals surface area contributed by atoms with E-state index >= 15 is 0 Å². The van der Waals surface area contributed by atoms with E-state index in [1.54, 1.807) is 0 Å². The van der Waals surface area contributed by atoms with Crippen molar-refractivity contribution in [3.8, 4) is 0 Å². The number of ether oxygens (including phenoxy) is 3. The van der Waals surface area contributed by atoms with Crippen molar-refractivity contribution in [2.24, 2.45) is 0 Å². The molecule has 0 aliphatic rings. The summed E-state index contributed by atoms with van der Waals surface area (Å²) in [6.07, 6.45) is 4.89. The lowest BCUT2D eigenvalue weighted by Crippen LogP contribution is -2.16. The van der Waals surface area contributed by atoms with E-state index in [1.165, 1.54) is 26.4 Å². The molecule has 90 valence electrons. The second kappa shape index (κ2) is 9.77. The highest BCUT2D eigenvalue weighted by molar-refractivity contribution is 5.59. The van der Waals surface area contributed by atoms with E-state index in [9.17, 15) is 4.79 Å². The van der Waals surface area contributed by atoms with E-state index in [-0.39, 0.29) is 12.9 Å². The molecule has 0 spiro atoms. The summed E-state index contributed by atoms with van der Waals surface area (Å²) in [5.41, 5.74) is 0. The Labute approximate surface area is 91.9 Å². The molecule has 0 aromatic carbocycles. The Morgan fingerprint density at radius 3 is 2.60 bits per heavy atom. The van der Waals surface area contributed by atoms with Gasteiger partial charge in [0.05, 0.1) is 0 Å². The minimum absolute atomic E-state index is 0.0542. The maximum absolute atomic E-state index is 11.0. The molecule has 0 saturated heterocycles. The monoisotopic (exact) mass is 218 g/mol. The summed E-state index contributed by atoms with van der Waals surface area (Å²) >= 11 is 0. The molecule has 1 unspecified atom stereocenters. The smallest absolute Gasteiger partial charge is 0.431 e. The van der Waals surface area contributed by atoms with E-state index < -0.39 is 6.16 Å². The van der Waals surface area contributed by atoms with Gasteiger partial charge in [0.15, 0.2) is 6.79 Å². The molecule has 0 heterocycles. The molecule has 0 aromatic rings. The fourth-order valence-corrected chi connectivity index (χ4v) is 1.22. The van der Waals surface area contributed by atoms with Gasteiger partial charge in [-0.15, -0.1) is 0 Å². The normalized spacial score (nSPS) is 12.2. The van der Waals surface area contributed by atoms with Gasteiger partial charge in [-0.25, -0.2) is 4.79 Å². The zero-order valence-corrected chi connectivity index (χ0v) is 9.95. The largest absolute Gasteiger partial charge is 0.510 e. The molecule has 0 aliphatic heterocycles. The van der Waals surface area contributed by atoms with Gasteiger partial charge >= 0.3 is 6.16 Å². The number of carbonyl (C=O) groups is 1. The first-order valence-electron chi connectivity index (χ1n) is 5.53.